The maximum Gasteiger partial charge on any atom is 0.157 e. The lowest BCUT2D eigenvalue weighted by Crippen LogP contribution is -2.26. The molecule has 1 heterocycles. The molecule has 0 fully saturated rings. The number of hydrogen-bond acceptors (Lipinski definition) is 3. The van der Waals surface area contributed by atoms with Crippen molar-refractivity contribution in [2.75, 3.05) is 12.3 Å². The van der Waals surface area contributed by atoms with Crippen molar-refractivity contribution in [3.05, 3.63) is 34.3 Å². The highest BCUT2D eigenvalue weighted by atomic mass is 79.9. The van der Waals surface area contributed by atoms with E-state index in [2.05, 4.69) is 51.4 Å². The molecule has 0 spiro atoms. The number of nitrogens with one attached hydrogen (secondary N) is 1. The molecule has 0 aromatic heterocycles. The fourth-order valence-corrected chi connectivity index (χ4v) is 2.92. The first-order valence-electron chi connectivity index (χ1n) is 5.45. The molecule has 16 heavy (non-hydrogen) atoms. The van der Waals surface area contributed by atoms with Crippen molar-refractivity contribution in [3.8, 4) is 0 Å². The summed E-state index contributed by atoms with van der Waals surface area (Å²) in [5, 5.41) is 4.54. The van der Waals surface area contributed by atoms with Gasteiger partial charge in [-0.25, -0.2) is 0 Å². The quantitative estimate of drug-likeness (QED) is 0.902. The molecule has 0 aliphatic carbocycles. The SMILES string of the molecule is CC(NC1=NCCCS1)c1cccc(Br)c1. The van der Waals surface area contributed by atoms with Crippen LogP contribution in [0.2, 0.25) is 0 Å². The van der Waals surface area contributed by atoms with Crippen LogP contribution in [-0.2, 0) is 0 Å². The Morgan fingerprint density at radius 2 is 2.38 bits per heavy atom. The third-order valence-corrected chi connectivity index (χ3v) is 3.99. The van der Waals surface area contributed by atoms with Crippen LogP contribution in [0.3, 0.4) is 0 Å². The number of halogens is 1. The number of rotatable bonds is 2. The van der Waals surface area contributed by atoms with E-state index in [0.717, 1.165) is 16.2 Å². The van der Waals surface area contributed by atoms with Crippen molar-refractivity contribution < 1.29 is 0 Å². The van der Waals surface area contributed by atoms with E-state index < -0.39 is 0 Å². The van der Waals surface area contributed by atoms with Crippen LogP contribution < -0.4 is 5.32 Å². The largest absolute Gasteiger partial charge is 0.358 e. The van der Waals surface area contributed by atoms with Crippen LogP contribution in [0.4, 0.5) is 0 Å². The molecule has 1 N–H and O–H groups in total. The Balaban J connectivity index is 2.02. The van der Waals surface area contributed by atoms with Gasteiger partial charge in [-0.05, 0) is 31.0 Å². The summed E-state index contributed by atoms with van der Waals surface area (Å²) in [6.45, 7) is 3.12. The van der Waals surface area contributed by atoms with Gasteiger partial charge in [-0.3, -0.25) is 4.99 Å². The number of thioether (sulfide) groups is 1. The molecule has 4 heteroatoms. The van der Waals surface area contributed by atoms with Crippen molar-refractivity contribution in [3.63, 3.8) is 0 Å². The van der Waals surface area contributed by atoms with Gasteiger partial charge in [-0.2, -0.15) is 0 Å². The van der Waals surface area contributed by atoms with E-state index >= 15 is 0 Å². The zero-order chi connectivity index (χ0) is 11.4. The molecule has 0 saturated heterocycles. The minimum atomic E-state index is 0.307. The highest BCUT2D eigenvalue weighted by molar-refractivity contribution is 9.10. The molecule has 2 rings (SSSR count). The molecule has 1 unspecified atom stereocenters. The second kappa shape index (κ2) is 5.73. The third kappa shape index (κ3) is 3.25. The second-order valence-corrected chi connectivity index (χ2v) is 5.81. The molecule has 1 aromatic rings. The van der Waals surface area contributed by atoms with Gasteiger partial charge in [-0.15, -0.1) is 0 Å². The van der Waals surface area contributed by atoms with Crippen molar-refractivity contribution in [2.45, 2.75) is 19.4 Å². The highest BCUT2D eigenvalue weighted by Gasteiger charge is 2.10. The van der Waals surface area contributed by atoms with Crippen molar-refractivity contribution >= 4 is 32.9 Å². The number of nitrogens with zero attached hydrogens (tertiary/aromatic N) is 1. The molecule has 1 atom stereocenters. The minimum Gasteiger partial charge on any atom is -0.358 e. The molecule has 1 aliphatic heterocycles. The van der Waals surface area contributed by atoms with Gasteiger partial charge in [0.15, 0.2) is 5.17 Å². The maximum atomic E-state index is 4.47. The van der Waals surface area contributed by atoms with Crippen LogP contribution in [0.15, 0.2) is 33.7 Å². The summed E-state index contributed by atoms with van der Waals surface area (Å²) in [6, 6.07) is 8.69. The zero-order valence-electron chi connectivity index (χ0n) is 9.24. The summed E-state index contributed by atoms with van der Waals surface area (Å²) in [5.74, 6) is 1.18. The molecule has 1 aliphatic rings. The molecule has 86 valence electrons. The van der Waals surface area contributed by atoms with Crippen LogP contribution in [0, 0.1) is 0 Å². The van der Waals surface area contributed by atoms with E-state index in [1.165, 1.54) is 17.7 Å². The number of hydrogen-bond donors (Lipinski definition) is 1. The van der Waals surface area contributed by atoms with Crippen LogP contribution >= 0.6 is 27.7 Å². The van der Waals surface area contributed by atoms with Gasteiger partial charge in [0.05, 0.1) is 6.04 Å². The van der Waals surface area contributed by atoms with Crippen molar-refractivity contribution in [2.24, 2.45) is 4.99 Å². The van der Waals surface area contributed by atoms with Crippen LogP contribution in [0.25, 0.3) is 0 Å². The number of aliphatic imine (C=N–C) groups is 1. The number of amidine groups is 1. The summed E-state index contributed by atoms with van der Waals surface area (Å²) in [4.78, 5) is 4.47. The molecule has 1 aromatic carbocycles. The average Bonchev–Trinajstić information content (AvgIpc) is 2.30. The Morgan fingerprint density at radius 1 is 1.50 bits per heavy atom. The molecular formula is C12H15BrN2S. The van der Waals surface area contributed by atoms with E-state index in [0.29, 0.717) is 6.04 Å². The van der Waals surface area contributed by atoms with E-state index in [4.69, 9.17) is 0 Å². The molecule has 0 amide bonds. The zero-order valence-corrected chi connectivity index (χ0v) is 11.6. The highest BCUT2D eigenvalue weighted by Crippen LogP contribution is 2.20. The van der Waals surface area contributed by atoms with E-state index in [1.807, 2.05) is 17.8 Å². The molecular weight excluding hydrogens is 284 g/mol. The molecule has 0 radical (unpaired) electrons. The third-order valence-electron chi connectivity index (χ3n) is 2.49. The van der Waals surface area contributed by atoms with Crippen molar-refractivity contribution in [1.82, 2.24) is 5.32 Å². The van der Waals surface area contributed by atoms with Crippen LogP contribution in [-0.4, -0.2) is 17.5 Å². The second-order valence-electron chi connectivity index (χ2n) is 3.81. The summed E-state index contributed by atoms with van der Waals surface area (Å²) < 4.78 is 1.12. The molecule has 2 nitrogen and oxygen atoms in total. The van der Waals surface area contributed by atoms with Crippen LogP contribution in [0.5, 0.6) is 0 Å². The predicted octanol–water partition coefficient (Wildman–Crippen LogP) is 3.59. The Hall–Kier alpha value is -0.480. The Bertz CT molecular complexity index is 392. The van der Waals surface area contributed by atoms with E-state index in [-0.39, 0.29) is 0 Å². The van der Waals surface area contributed by atoms with Gasteiger partial charge in [0.25, 0.3) is 0 Å². The Labute approximate surface area is 109 Å². The standard InChI is InChI=1S/C12H15BrN2S/c1-9(10-4-2-5-11(13)8-10)15-12-14-6-3-7-16-12/h2,4-5,8-9H,3,6-7H2,1H3,(H,14,15). The van der Waals surface area contributed by atoms with Crippen LogP contribution in [0.1, 0.15) is 24.9 Å². The first kappa shape index (κ1) is 12.0. The monoisotopic (exact) mass is 298 g/mol. The van der Waals surface area contributed by atoms with Gasteiger partial charge < -0.3 is 5.32 Å². The fourth-order valence-electron chi connectivity index (χ4n) is 1.59. The lowest BCUT2D eigenvalue weighted by Gasteiger charge is -2.19. The van der Waals surface area contributed by atoms with E-state index in [1.54, 1.807) is 0 Å². The van der Waals surface area contributed by atoms with Gasteiger partial charge in [-0.1, -0.05) is 39.8 Å². The Kier molecular flexibility index (Phi) is 4.29. The number of benzene rings is 1. The summed E-state index contributed by atoms with van der Waals surface area (Å²) in [7, 11) is 0. The van der Waals surface area contributed by atoms with Gasteiger partial charge in [0.1, 0.15) is 0 Å². The summed E-state index contributed by atoms with van der Waals surface area (Å²) in [6.07, 6.45) is 1.20. The summed E-state index contributed by atoms with van der Waals surface area (Å²) >= 11 is 5.31. The van der Waals surface area contributed by atoms with Gasteiger partial charge in [0.2, 0.25) is 0 Å². The first-order chi connectivity index (χ1) is 7.75. The normalized spacial score (nSPS) is 17.8. The molecule has 0 bridgehead atoms. The minimum absolute atomic E-state index is 0.307. The van der Waals surface area contributed by atoms with Gasteiger partial charge in [0, 0.05) is 16.8 Å². The smallest absolute Gasteiger partial charge is 0.157 e. The topological polar surface area (TPSA) is 24.4 Å². The first-order valence-corrected chi connectivity index (χ1v) is 7.23. The summed E-state index contributed by atoms with van der Waals surface area (Å²) in [5.41, 5.74) is 1.28. The Morgan fingerprint density at radius 3 is 3.06 bits per heavy atom. The lowest BCUT2D eigenvalue weighted by molar-refractivity contribution is 0.717. The lowest BCUT2D eigenvalue weighted by atomic mass is 10.1. The fraction of sp³-hybridized carbons (Fsp3) is 0.417. The maximum absolute atomic E-state index is 4.47. The predicted molar refractivity (Wildman–Crippen MR) is 75.1 cm³/mol. The van der Waals surface area contributed by atoms with Crippen molar-refractivity contribution in [1.29, 1.82) is 0 Å². The molecule has 0 saturated carbocycles. The van der Waals surface area contributed by atoms with E-state index in [9.17, 15) is 0 Å². The van der Waals surface area contributed by atoms with Gasteiger partial charge >= 0.3 is 0 Å². The average molecular weight is 299 g/mol.